The lowest BCUT2D eigenvalue weighted by atomic mass is 10.1. The molecule has 1 N–H and O–H groups in total. The molecule has 1 aromatic rings. The van der Waals surface area contributed by atoms with Crippen LogP contribution in [-0.4, -0.2) is 39.5 Å². The maximum Gasteiger partial charge on any atom is 0.241 e. The molecular formula is C15H26N2O2S. The number of nitrogens with one attached hydrogen (secondary N) is 1. The first-order valence-corrected chi connectivity index (χ1v) is 8.60. The van der Waals surface area contributed by atoms with Crippen LogP contribution in [0.3, 0.4) is 0 Å². The van der Waals surface area contributed by atoms with Crippen LogP contribution in [0, 0.1) is 20.8 Å². The molecule has 0 saturated heterocycles. The van der Waals surface area contributed by atoms with Crippen LogP contribution in [0.15, 0.2) is 17.0 Å². The quantitative estimate of drug-likeness (QED) is 0.840. The first kappa shape index (κ1) is 17.1. The van der Waals surface area contributed by atoms with Gasteiger partial charge in [0.05, 0.1) is 4.90 Å². The van der Waals surface area contributed by atoms with Crippen LogP contribution in [0.2, 0.25) is 0 Å². The molecule has 0 aliphatic rings. The van der Waals surface area contributed by atoms with Crippen molar-refractivity contribution < 1.29 is 8.42 Å². The normalized spacial score (nSPS) is 12.1. The standard InChI is InChI=1S/C15H26N2O2S/c1-6-17(7-2)9-8-16-20(18,19)15-13(4)10-12(3)11-14(15)5/h10-11,16H,6-9H2,1-5H3. The lowest BCUT2D eigenvalue weighted by Crippen LogP contribution is -2.35. The fourth-order valence-electron chi connectivity index (χ4n) is 2.54. The second kappa shape index (κ2) is 7.20. The number of sulfonamides is 1. The van der Waals surface area contributed by atoms with Crippen molar-refractivity contribution in [2.45, 2.75) is 39.5 Å². The van der Waals surface area contributed by atoms with Crippen LogP contribution in [0.4, 0.5) is 0 Å². The predicted molar refractivity (Wildman–Crippen MR) is 83.6 cm³/mol. The van der Waals surface area contributed by atoms with E-state index in [4.69, 9.17) is 0 Å². The molecule has 0 saturated carbocycles. The van der Waals surface area contributed by atoms with E-state index in [2.05, 4.69) is 23.5 Å². The van der Waals surface area contributed by atoms with Crippen molar-refractivity contribution >= 4 is 10.0 Å². The zero-order valence-corrected chi connectivity index (χ0v) is 14.0. The van der Waals surface area contributed by atoms with E-state index in [1.54, 1.807) is 0 Å². The molecular weight excluding hydrogens is 272 g/mol. The van der Waals surface area contributed by atoms with E-state index in [0.717, 1.165) is 36.3 Å². The molecule has 20 heavy (non-hydrogen) atoms. The summed E-state index contributed by atoms with van der Waals surface area (Å²) in [5.41, 5.74) is 2.69. The maximum absolute atomic E-state index is 12.4. The molecule has 1 rings (SSSR count). The van der Waals surface area contributed by atoms with Gasteiger partial charge in [-0.2, -0.15) is 0 Å². The summed E-state index contributed by atoms with van der Waals surface area (Å²) in [6, 6.07) is 3.82. The summed E-state index contributed by atoms with van der Waals surface area (Å²) in [5, 5.41) is 0. The van der Waals surface area contributed by atoms with Crippen molar-refractivity contribution in [1.29, 1.82) is 0 Å². The van der Waals surface area contributed by atoms with Gasteiger partial charge in [-0.15, -0.1) is 0 Å². The second-order valence-electron chi connectivity index (χ2n) is 5.15. The van der Waals surface area contributed by atoms with Gasteiger partial charge in [-0.3, -0.25) is 0 Å². The van der Waals surface area contributed by atoms with Gasteiger partial charge in [0.15, 0.2) is 0 Å². The smallest absolute Gasteiger partial charge is 0.241 e. The van der Waals surface area contributed by atoms with E-state index in [1.165, 1.54) is 0 Å². The number of nitrogens with zero attached hydrogens (tertiary/aromatic N) is 1. The molecule has 0 aliphatic heterocycles. The predicted octanol–water partition coefficient (Wildman–Crippen LogP) is 2.23. The molecule has 5 heteroatoms. The number of hydrogen-bond donors (Lipinski definition) is 1. The molecule has 0 spiro atoms. The molecule has 0 aromatic heterocycles. The Bertz CT molecular complexity index is 526. The third-order valence-electron chi connectivity index (χ3n) is 3.49. The van der Waals surface area contributed by atoms with Crippen LogP contribution in [-0.2, 0) is 10.0 Å². The number of benzene rings is 1. The van der Waals surface area contributed by atoms with Crippen LogP contribution in [0.1, 0.15) is 30.5 Å². The zero-order chi connectivity index (χ0) is 15.3. The van der Waals surface area contributed by atoms with E-state index in [-0.39, 0.29) is 0 Å². The molecule has 0 atom stereocenters. The third kappa shape index (κ3) is 4.30. The summed E-state index contributed by atoms with van der Waals surface area (Å²) in [7, 11) is -3.43. The molecule has 4 nitrogen and oxygen atoms in total. The van der Waals surface area contributed by atoms with Gasteiger partial charge in [-0.25, -0.2) is 13.1 Å². The minimum atomic E-state index is -3.43. The minimum Gasteiger partial charge on any atom is -0.303 e. The lowest BCUT2D eigenvalue weighted by Gasteiger charge is -2.19. The Morgan fingerprint density at radius 1 is 1.05 bits per heavy atom. The van der Waals surface area contributed by atoms with E-state index >= 15 is 0 Å². The third-order valence-corrected chi connectivity index (χ3v) is 5.25. The molecule has 0 amide bonds. The molecule has 1 aromatic carbocycles. The molecule has 114 valence electrons. The number of likely N-dealkylation sites (N-methyl/N-ethyl adjacent to an activating group) is 1. The Hall–Kier alpha value is -0.910. The summed E-state index contributed by atoms with van der Waals surface area (Å²) < 4.78 is 27.5. The Morgan fingerprint density at radius 2 is 1.55 bits per heavy atom. The lowest BCUT2D eigenvalue weighted by molar-refractivity contribution is 0.309. The largest absolute Gasteiger partial charge is 0.303 e. The van der Waals surface area contributed by atoms with Crippen LogP contribution in [0.5, 0.6) is 0 Å². The van der Waals surface area contributed by atoms with Gasteiger partial charge >= 0.3 is 0 Å². The fraction of sp³-hybridized carbons (Fsp3) is 0.600. The Balaban J connectivity index is 2.85. The highest BCUT2D eigenvalue weighted by Crippen LogP contribution is 2.21. The average Bonchev–Trinajstić information content (AvgIpc) is 2.32. The van der Waals surface area contributed by atoms with Gasteiger partial charge in [0, 0.05) is 13.1 Å². The number of aryl methyl sites for hydroxylation is 3. The summed E-state index contributed by atoms with van der Waals surface area (Å²) in [5.74, 6) is 0. The van der Waals surface area contributed by atoms with Crippen molar-refractivity contribution in [2.75, 3.05) is 26.2 Å². The van der Waals surface area contributed by atoms with Crippen LogP contribution >= 0.6 is 0 Å². The van der Waals surface area contributed by atoms with Gasteiger partial charge in [0.25, 0.3) is 0 Å². The van der Waals surface area contributed by atoms with Crippen LogP contribution in [0.25, 0.3) is 0 Å². The molecule has 0 unspecified atom stereocenters. The first-order valence-electron chi connectivity index (χ1n) is 7.11. The van der Waals surface area contributed by atoms with Crippen molar-refractivity contribution in [3.8, 4) is 0 Å². The van der Waals surface area contributed by atoms with Crippen molar-refractivity contribution in [1.82, 2.24) is 9.62 Å². The summed E-state index contributed by atoms with van der Waals surface area (Å²) in [4.78, 5) is 2.61. The Labute approximate surface area is 123 Å². The first-order chi connectivity index (χ1) is 9.31. The van der Waals surface area contributed by atoms with Gasteiger partial charge in [-0.1, -0.05) is 31.5 Å². The second-order valence-corrected chi connectivity index (χ2v) is 6.86. The highest BCUT2D eigenvalue weighted by atomic mass is 32.2. The summed E-state index contributed by atoms with van der Waals surface area (Å²) >= 11 is 0. The molecule has 0 fully saturated rings. The topological polar surface area (TPSA) is 49.4 Å². The van der Waals surface area contributed by atoms with E-state index < -0.39 is 10.0 Å². The minimum absolute atomic E-state index is 0.419. The number of rotatable bonds is 7. The molecule has 0 aliphatic carbocycles. The van der Waals surface area contributed by atoms with Crippen LogP contribution < -0.4 is 4.72 Å². The van der Waals surface area contributed by atoms with Crippen molar-refractivity contribution in [3.05, 3.63) is 28.8 Å². The fourth-order valence-corrected chi connectivity index (χ4v) is 4.01. The van der Waals surface area contributed by atoms with Crippen molar-refractivity contribution in [2.24, 2.45) is 0 Å². The maximum atomic E-state index is 12.4. The van der Waals surface area contributed by atoms with E-state index in [1.807, 2.05) is 32.9 Å². The molecule has 0 radical (unpaired) electrons. The van der Waals surface area contributed by atoms with E-state index in [9.17, 15) is 8.42 Å². The highest BCUT2D eigenvalue weighted by Gasteiger charge is 2.19. The SMILES string of the molecule is CCN(CC)CCNS(=O)(=O)c1c(C)cc(C)cc1C. The molecule has 0 heterocycles. The Morgan fingerprint density at radius 3 is 2.00 bits per heavy atom. The number of hydrogen-bond acceptors (Lipinski definition) is 3. The summed E-state index contributed by atoms with van der Waals surface area (Å²) in [6.45, 7) is 12.9. The monoisotopic (exact) mass is 298 g/mol. The van der Waals surface area contributed by atoms with Gasteiger partial charge in [-0.05, 0) is 45.0 Å². The average molecular weight is 298 g/mol. The van der Waals surface area contributed by atoms with Crippen molar-refractivity contribution in [3.63, 3.8) is 0 Å². The van der Waals surface area contributed by atoms with Gasteiger partial charge in [0.1, 0.15) is 0 Å². The van der Waals surface area contributed by atoms with E-state index in [0.29, 0.717) is 11.4 Å². The molecule has 0 bridgehead atoms. The Kier molecular flexibility index (Phi) is 6.17. The van der Waals surface area contributed by atoms with Gasteiger partial charge in [0.2, 0.25) is 10.0 Å². The highest BCUT2D eigenvalue weighted by molar-refractivity contribution is 7.89. The van der Waals surface area contributed by atoms with Gasteiger partial charge < -0.3 is 4.90 Å². The summed E-state index contributed by atoms with van der Waals surface area (Å²) in [6.07, 6.45) is 0. The zero-order valence-electron chi connectivity index (χ0n) is 13.2.